The lowest BCUT2D eigenvalue weighted by molar-refractivity contribution is -0.119. The molecule has 0 saturated heterocycles. The Bertz CT molecular complexity index is 656. The number of carbonyl (C=O) groups excluding carboxylic acids is 1. The fourth-order valence-corrected chi connectivity index (χ4v) is 2.78. The summed E-state index contributed by atoms with van der Waals surface area (Å²) in [6, 6.07) is 9.46. The first kappa shape index (κ1) is 17.1. The highest BCUT2D eigenvalue weighted by Crippen LogP contribution is 2.25. The maximum absolute atomic E-state index is 12.1. The monoisotopic (exact) mass is 332 g/mol. The van der Waals surface area contributed by atoms with Crippen LogP contribution in [0.15, 0.2) is 35.2 Å². The van der Waals surface area contributed by atoms with Gasteiger partial charge in [0.2, 0.25) is 5.95 Å². The van der Waals surface area contributed by atoms with E-state index in [1.165, 1.54) is 11.8 Å². The van der Waals surface area contributed by atoms with E-state index in [9.17, 15) is 4.79 Å². The summed E-state index contributed by atoms with van der Waals surface area (Å²) in [5.74, 6) is 1.03. The van der Waals surface area contributed by atoms with Crippen molar-refractivity contribution in [3.8, 4) is 5.75 Å². The number of hydrogen-bond donors (Lipinski definition) is 2. The van der Waals surface area contributed by atoms with Crippen LogP contribution in [0.2, 0.25) is 0 Å². The maximum Gasteiger partial charge on any atom is 0.251 e. The van der Waals surface area contributed by atoms with Gasteiger partial charge in [-0.15, -0.1) is 11.8 Å². The number of ether oxygens (including phenoxy) is 1. The normalized spacial score (nSPS) is 11.7. The maximum atomic E-state index is 12.1. The second-order valence-electron chi connectivity index (χ2n) is 5.02. The fraction of sp³-hybridized carbons (Fsp3) is 0.312. The second kappa shape index (κ2) is 7.82. The summed E-state index contributed by atoms with van der Waals surface area (Å²) >= 11 is 1.46. The predicted octanol–water partition coefficient (Wildman–Crippen LogP) is 2.73. The van der Waals surface area contributed by atoms with E-state index in [0.717, 1.165) is 22.0 Å². The van der Waals surface area contributed by atoms with Crippen molar-refractivity contribution in [1.82, 2.24) is 15.4 Å². The quantitative estimate of drug-likeness (QED) is 0.626. The van der Waals surface area contributed by atoms with Crippen LogP contribution >= 0.6 is 11.8 Å². The molecule has 6 nitrogen and oxygen atoms in total. The van der Waals surface area contributed by atoms with Crippen LogP contribution in [-0.2, 0) is 4.79 Å². The zero-order valence-electron chi connectivity index (χ0n) is 13.6. The smallest absolute Gasteiger partial charge is 0.251 e. The Morgan fingerprint density at radius 1 is 1.17 bits per heavy atom. The van der Waals surface area contributed by atoms with Crippen molar-refractivity contribution in [2.45, 2.75) is 30.9 Å². The molecule has 1 heterocycles. The number of benzene rings is 1. The zero-order valence-corrected chi connectivity index (χ0v) is 14.4. The number of methoxy groups -OCH3 is 1. The number of amides is 1. The number of thioether (sulfide) groups is 1. The third-order valence-electron chi connectivity index (χ3n) is 3.02. The Morgan fingerprint density at radius 2 is 1.78 bits per heavy atom. The molecule has 0 bridgehead atoms. The molecule has 1 aromatic carbocycles. The van der Waals surface area contributed by atoms with Gasteiger partial charge in [0.25, 0.3) is 5.91 Å². The number of aromatic nitrogens is 2. The highest BCUT2D eigenvalue weighted by Gasteiger charge is 2.14. The van der Waals surface area contributed by atoms with Gasteiger partial charge in [-0.05, 0) is 51.1 Å². The van der Waals surface area contributed by atoms with Gasteiger partial charge in [0, 0.05) is 16.3 Å². The summed E-state index contributed by atoms with van der Waals surface area (Å²) in [5.41, 5.74) is 7.08. The minimum Gasteiger partial charge on any atom is -0.497 e. The summed E-state index contributed by atoms with van der Waals surface area (Å²) in [4.78, 5) is 21.6. The number of hydrazine groups is 1. The summed E-state index contributed by atoms with van der Waals surface area (Å²) in [7, 11) is 1.62. The van der Waals surface area contributed by atoms with E-state index in [2.05, 4.69) is 20.8 Å². The van der Waals surface area contributed by atoms with Crippen LogP contribution in [0.4, 0.5) is 5.95 Å². The number of hydrogen-bond acceptors (Lipinski definition) is 6. The lowest BCUT2D eigenvalue weighted by atomic mass is 10.3. The Kier molecular flexibility index (Phi) is 5.81. The Hall–Kier alpha value is -2.28. The van der Waals surface area contributed by atoms with Crippen molar-refractivity contribution in [3.05, 3.63) is 41.7 Å². The number of nitrogens with zero attached hydrogens (tertiary/aromatic N) is 2. The standard InChI is InChI=1S/C16H20N4O2S/c1-10-9-11(2)18-16(17-10)20-19-15(21)12(3)23-14-7-5-13(22-4)6-8-14/h5-9,12H,1-4H3,(H,19,21)(H,17,18,20)/t12-/m1/s1. The molecular formula is C16H20N4O2S. The first-order valence-electron chi connectivity index (χ1n) is 7.17. The topological polar surface area (TPSA) is 76.1 Å². The van der Waals surface area contributed by atoms with Gasteiger partial charge in [-0.2, -0.15) is 0 Å². The fourth-order valence-electron chi connectivity index (χ4n) is 1.91. The third kappa shape index (κ3) is 5.14. The molecule has 1 aromatic heterocycles. The first-order valence-corrected chi connectivity index (χ1v) is 8.05. The molecule has 122 valence electrons. The zero-order chi connectivity index (χ0) is 16.8. The van der Waals surface area contributed by atoms with Crippen molar-refractivity contribution >= 4 is 23.6 Å². The van der Waals surface area contributed by atoms with E-state index >= 15 is 0 Å². The van der Waals surface area contributed by atoms with Crippen molar-refractivity contribution < 1.29 is 9.53 Å². The van der Waals surface area contributed by atoms with E-state index < -0.39 is 0 Å². The molecule has 2 rings (SSSR count). The van der Waals surface area contributed by atoms with Crippen molar-refractivity contribution in [3.63, 3.8) is 0 Å². The summed E-state index contributed by atoms with van der Waals surface area (Å²) in [5, 5.41) is -0.262. The number of rotatable bonds is 6. The van der Waals surface area contributed by atoms with Crippen LogP contribution < -0.4 is 15.6 Å². The number of anilines is 1. The van der Waals surface area contributed by atoms with Gasteiger partial charge in [0.05, 0.1) is 12.4 Å². The molecule has 0 fully saturated rings. The molecule has 7 heteroatoms. The second-order valence-corrected chi connectivity index (χ2v) is 6.44. The molecule has 2 N–H and O–H groups in total. The third-order valence-corrected chi connectivity index (χ3v) is 4.13. The predicted molar refractivity (Wildman–Crippen MR) is 91.6 cm³/mol. The Labute approximate surface area is 140 Å². The summed E-state index contributed by atoms with van der Waals surface area (Å²) in [6.07, 6.45) is 0. The van der Waals surface area contributed by atoms with Gasteiger partial charge in [-0.1, -0.05) is 0 Å². The molecule has 0 spiro atoms. The number of nitrogens with one attached hydrogen (secondary N) is 2. The average molecular weight is 332 g/mol. The van der Waals surface area contributed by atoms with Crippen molar-refractivity contribution in [1.29, 1.82) is 0 Å². The van der Waals surface area contributed by atoms with Gasteiger partial charge >= 0.3 is 0 Å². The highest BCUT2D eigenvalue weighted by molar-refractivity contribution is 8.00. The minimum absolute atomic E-state index is 0.145. The van der Waals surface area contributed by atoms with Gasteiger partial charge < -0.3 is 4.74 Å². The molecule has 0 aliphatic heterocycles. The van der Waals surface area contributed by atoms with Crippen LogP contribution in [0.25, 0.3) is 0 Å². The van der Waals surface area contributed by atoms with Crippen LogP contribution in [0.1, 0.15) is 18.3 Å². The molecule has 0 saturated carbocycles. The van der Waals surface area contributed by atoms with E-state index in [-0.39, 0.29) is 11.2 Å². The Balaban J connectivity index is 1.89. The van der Waals surface area contributed by atoms with Crippen LogP contribution in [0.3, 0.4) is 0 Å². The van der Waals surface area contributed by atoms with E-state index in [1.54, 1.807) is 7.11 Å². The summed E-state index contributed by atoms with van der Waals surface area (Å²) < 4.78 is 5.12. The molecule has 23 heavy (non-hydrogen) atoms. The SMILES string of the molecule is COc1ccc(S[C@H](C)C(=O)NNc2nc(C)cc(C)n2)cc1. The molecule has 0 radical (unpaired) electrons. The van der Waals surface area contributed by atoms with Gasteiger partial charge in [-0.3, -0.25) is 15.6 Å². The highest BCUT2D eigenvalue weighted by atomic mass is 32.2. The van der Waals surface area contributed by atoms with E-state index in [1.807, 2.05) is 51.1 Å². The molecule has 0 aliphatic rings. The van der Waals surface area contributed by atoms with Crippen LogP contribution in [0.5, 0.6) is 5.75 Å². The molecule has 0 aliphatic carbocycles. The van der Waals surface area contributed by atoms with Gasteiger partial charge in [0.15, 0.2) is 0 Å². The largest absolute Gasteiger partial charge is 0.497 e. The summed E-state index contributed by atoms with van der Waals surface area (Å²) in [6.45, 7) is 5.60. The van der Waals surface area contributed by atoms with Gasteiger partial charge in [-0.25, -0.2) is 9.97 Å². The Morgan fingerprint density at radius 3 is 2.35 bits per heavy atom. The van der Waals surface area contributed by atoms with Crippen LogP contribution in [0, 0.1) is 13.8 Å². The molecule has 2 aromatic rings. The molecular weight excluding hydrogens is 312 g/mol. The molecule has 1 amide bonds. The number of aryl methyl sites for hydroxylation is 2. The lowest BCUT2D eigenvalue weighted by Crippen LogP contribution is -2.36. The minimum atomic E-state index is -0.262. The van der Waals surface area contributed by atoms with Crippen LogP contribution in [-0.4, -0.2) is 28.2 Å². The number of carbonyl (C=O) groups is 1. The van der Waals surface area contributed by atoms with Crippen molar-refractivity contribution in [2.24, 2.45) is 0 Å². The average Bonchev–Trinajstić information content (AvgIpc) is 2.52. The van der Waals surface area contributed by atoms with E-state index in [0.29, 0.717) is 5.95 Å². The molecule has 0 unspecified atom stereocenters. The van der Waals surface area contributed by atoms with Crippen molar-refractivity contribution in [2.75, 3.05) is 12.5 Å². The van der Waals surface area contributed by atoms with E-state index in [4.69, 9.17) is 4.74 Å². The lowest BCUT2D eigenvalue weighted by Gasteiger charge is -2.13. The van der Waals surface area contributed by atoms with Gasteiger partial charge in [0.1, 0.15) is 5.75 Å². The molecule has 1 atom stereocenters. The first-order chi connectivity index (χ1) is 11.0.